The number of rotatable bonds is 3. The Kier molecular flexibility index (Phi) is 2.83. The van der Waals surface area contributed by atoms with Crippen LogP contribution in [0.1, 0.15) is 20.8 Å². The van der Waals surface area contributed by atoms with E-state index in [1.165, 1.54) is 0 Å². The highest BCUT2D eigenvalue weighted by atomic mass is 16.3. The second-order valence-electron chi connectivity index (χ2n) is 3.63. The lowest BCUT2D eigenvalue weighted by Crippen LogP contribution is -2.42. The van der Waals surface area contributed by atoms with Crippen LogP contribution in [-0.2, 0) is 0 Å². The zero-order valence-corrected chi connectivity index (χ0v) is 8.15. The van der Waals surface area contributed by atoms with Crippen molar-refractivity contribution in [2.75, 3.05) is 5.32 Å². The summed E-state index contributed by atoms with van der Waals surface area (Å²) in [6.45, 7) is 5.56. The molecule has 0 aliphatic carbocycles. The predicted octanol–water partition coefficient (Wildman–Crippen LogP) is 1.05. The van der Waals surface area contributed by atoms with Crippen molar-refractivity contribution in [3.05, 3.63) is 18.3 Å². The Labute approximate surface area is 78.0 Å². The van der Waals surface area contributed by atoms with Gasteiger partial charge in [-0.05, 0) is 32.9 Å². The van der Waals surface area contributed by atoms with Crippen LogP contribution in [-0.4, -0.2) is 26.9 Å². The molecule has 0 amide bonds. The maximum atomic E-state index is 9.43. The quantitative estimate of drug-likeness (QED) is 0.731. The molecule has 72 valence electrons. The van der Waals surface area contributed by atoms with Gasteiger partial charge in [0.15, 0.2) is 0 Å². The zero-order valence-electron chi connectivity index (χ0n) is 8.15. The topological polar surface area (TPSA) is 58.0 Å². The molecule has 1 aromatic heterocycles. The first-order chi connectivity index (χ1) is 6.02. The molecule has 2 N–H and O–H groups in total. The van der Waals surface area contributed by atoms with Gasteiger partial charge >= 0.3 is 0 Å². The molecular formula is C9H15N3O. The Morgan fingerprint density at radius 1 is 1.54 bits per heavy atom. The Bertz CT molecular complexity index is 259. The minimum Gasteiger partial charge on any atom is -0.391 e. The van der Waals surface area contributed by atoms with Crippen molar-refractivity contribution in [1.29, 1.82) is 0 Å². The minimum atomic E-state index is -0.450. The average Bonchev–Trinajstić information content (AvgIpc) is 2.05. The first kappa shape index (κ1) is 9.92. The van der Waals surface area contributed by atoms with Crippen LogP contribution in [0.5, 0.6) is 0 Å². The summed E-state index contributed by atoms with van der Waals surface area (Å²) in [6, 6.07) is 3.62. The summed E-state index contributed by atoms with van der Waals surface area (Å²) >= 11 is 0. The number of aromatic nitrogens is 2. The van der Waals surface area contributed by atoms with E-state index in [-0.39, 0.29) is 0 Å². The van der Waals surface area contributed by atoms with Gasteiger partial charge in [0, 0.05) is 6.20 Å². The molecule has 1 unspecified atom stereocenters. The molecule has 0 saturated carbocycles. The van der Waals surface area contributed by atoms with E-state index in [2.05, 4.69) is 15.5 Å². The van der Waals surface area contributed by atoms with Crippen molar-refractivity contribution in [3.63, 3.8) is 0 Å². The number of hydrogen-bond donors (Lipinski definition) is 2. The van der Waals surface area contributed by atoms with Crippen molar-refractivity contribution < 1.29 is 5.11 Å². The Morgan fingerprint density at radius 2 is 2.23 bits per heavy atom. The molecule has 0 aliphatic rings. The van der Waals surface area contributed by atoms with Crippen LogP contribution in [0.4, 0.5) is 5.82 Å². The number of aliphatic hydroxyl groups excluding tert-OH is 1. The van der Waals surface area contributed by atoms with Crippen molar-refractivity contribution in [2.24, 2.45) is 0 Å². The van der Waals surface area contributed by atoms with E-state index in [1.807, 2.05) is 19.9 Å². The average molecular weight is 181 g/mol. The van der Waals surface area contributed by atoms with E-state index in [0.29, 0.717) is 5.82 Å². The van der Waals surface area contributed by atoms with Crippen LogP contribution in [0.15, 0.2) is 18.3 Å². The Hall–Kier alpha value is -1.16. The maximum Gasteiger partial charge on any atom is 0.149 e. The molecule has 1 heterocycles. The summed E-state index contributed by atoms with van der Waals surface area (Å²) in [5, 5.41) is 20.1. The zero-order chi connectivity index (χ0) is 9.90. The van der Waals surface area contributed by atoms with Gasteiger partial charge in [-0.2, -0.15) is 5.10 Å². The fraction of sp³-hybridized carbons (Fsp3) is 0.556. The number of anilines is 1. The Balaban J connectivity index is 2.69. The van der Waals surface area contributed by atoms with Gasteiger partial charge < -0.3 is 10.4 Å². The van der Waals surface area contributed by atoms with Crippen molar-refractivity contribution in [2.45, 2.75) is 32.4 Å². The van der Waals surface area contributed by atoms with Crippen molar-refractivity contribution >= 4 is 5.82 Å². The summed E-state index contributed by atoms with van der Waals surface area (Å²) in [5.41, 5.74) is -0.393. The van der Waals surface area contributed by atoms with E-state index in [4.69, 9.17) is 0 Å². The number of aliphatic hydroxyl groups is 1. The van der Waals surface area contributed by atoms with Crippen LogP contribution in [0.25, 0.3) is 0 Å². The smallest absolute Gasteiger partial charge is 0.149 e. The molecule has 4 heteroatoms. The van der Waals surface area contributed by atoms with Gasteiger partial charge in [-0.15, -0.1) is 5.10 Å². The fourth-order valence-electron chi connectivity index (χ4n) is 0.803. The molecule has 1 atom stereocenters. The molecular weight excluding hydrogens is 166 g/mol. The lowest BCUT2D eigenvalue weighted by Gasteiger charge is -2.29. The standard InChI is InChI=1S/C9H15N3O/c1-7(13)9(2,3)11-8-5-4-6-10-12-8/h4-7,13H,1-3H3,(H,11,12). The highest BCUT2D eigenvalue weighted by molar-refractivity contribution is 5.35. The summed E-state index contributed by atoms with van der Waals surface area (Å²) in [4.78, 5) is 0. The molecule has 1 aromatic rings. The highest BCUT2D eigenvalue weighted by Gasteiger charge is 2.23. The largest absolute Gasteiger partial charge is 0.391 e. The van der Waals surface area contributed by atoms with Crippen LogP contribution in [0, 0.1) is 0 Å². The molecule has 0 aliphatic heterocycles. The third kappa shape index (κ3) is 2.66. The van der Waals surface area contributed by atoms with Crippen molar-refractivity contribution in [1.82, 2.24) is 10.2 Å². The molecule has 13 heavy (non-hydrogen) atoms. The van der Waals surface area contributed by atoms with Crippen LogP contribution in [0.3, 0.4) is 0 Å². The lowest BCUT2D eigenvalue weighted by molar-refractivity contribution is 0.133. The number of nitrogens with zero attached hydrogens (tertiary/aromatic N) is 2. The number of hydrogen-bond acceptors (Lipinski definition) is 4. The molecule has 0 bridgehead atoms. The van der Waals surface area contributed by atoms with Crippen molar-refractivity contribution in [3.8, 4) is 0 Å². The molecule has 0 radical (unpaired) electrons. The second-order valence-corrected chi connectivity index (χ2v) is 3.63. The third-order valence-corrected chi connectivity index (χ3v) is 2.07. The second kappa shape index (κ2) is 3.70. The number of nitrogens with one attached hydrogen (secondary N) is 1. The van der Waals surface area contributed by atoms with E-state index >= 15 is 0 Å². The van der Waals surface area contributed by atoms with Gasteiger partial charge in [0.05, 0.1) is 11.6 Å². The van der Waals surface area contributed by atoms with Gasteiger partial charge in [0.1, 0.15) is 5.82 Å². The predicted molar refractivity (Wildman–Crippen MR) is 51.4 cm³/mol. The van der Waals surface area contributed by atoms with Gasteiger partial charge in [-0.1, -0.05) is 0 Å². The normalized spacial score (nSPS) is 13.8. The first-order valence-corrected chi connectivity index (χ1v) is 4.26. The van der Waals surface area contributed by atoms with E-state index < -0.39 is 11.6 Å². The summed E-state index contributed by atoms with van der Waals surface area (Å²) in [5.74, 6) is 0.674. The molecule has 0 spiro atoms. The van der Waals surface area contributed by atoms with Crippen LogP contribution in [0.2, 0.25) is 0 Å². The van der Waals surface area contributed by atoms with Gasteiger partial charge in [0.25, 0.3) is 0 Å². The van der Waals surface area contributed by atoms with Gasteiger partial charge in [-0.3, -0.25) is 0 Å². The van der Waals surface area contributed by atoms with E-state index in [0.717, 1.165) is 0 Å². The molecule has 0 fully saturated rings. The monoisotopic (exact) mass is 181 g/mol. The summed E-state index contributed by atoms with van der Waals surface area (Å²) in [7, 11) is 0. The van der Waals surface area contributed by atoms with E-state index in [1.54, 1.807) is 19.2 Å². The fourth-order valence-corrected chi connectivity index (χ4v) is 0.803. The van der Waals surface area contributed by atoms with Gasteiger partial charge in [0.2, 0.25) is 0 Å². The lowest BCUT2D eigenvalue weighted by atomic mass is 9.99. The first-order valence-electron chi connectivity index (χ1n) is 4.26. The molecule has 4 nitrogen and oxygen atoms in total. The van der Waals surface area contributed by atoms with E-state index in [9.17, 15) is 5.11 Å². The van der Waals surface area contributed by atoms with Crippen LogP contribution >= 0.6 is 0 Å². The third-order valence-electron chi connectivity index (χ3n) is 2.07. The van der Waals surface area contributed by atoms with Gasteiger partial charge in [-0.25, -0.2) is 0 Å². The summed E-state index contributed by atoms with van der Waals surface area (Å²) < 4.78 is 0. The highest BCUT2D eigenvalue weighted by Crippen LogP contribution is 2.15. The minimum absolute atomic E-state index is 0.393. The Morgan fingerprint density at radius 3 is 2.69 bits per heavy atom. The molecule has 1 rings (SSSR count). The summed E-state index contributed by atoms with van der Waals surface area (Å²) in [6.07, 6.45) is 1.16. The maximum absolute atomic E-state index is 9.43. The molecule has 0 aromatic carbocycles. The SMILES string of the molecule is CC(O)C(C)(C)Nc1cccnn1. The molecule has 0 saturated heterocycles. The van der Waals surface area contributed by atoms with Crippen LogP contribution < -0.4 is 5.32 Å².